The second kappa shape index (κ2) is 9.04. The molecule has 2 aromatic rings. The standard InChI is InChI=1S/C34H38O3/c1-33-18-16-24(20-25(33)11-12-26-27-13-15-31(35)34(27,2)19-17-28(26)33)32(22-8-6-5-7-9-22)23-10-14-29(36-3)30(21-23)37-4/h5-10,14,16,18,20-21,26-28H,11-13,15,17,19H2,1-4H3/b32-24-/t26-,27-,28-,33-,34-/m0/s1. The van der Waals surface area contributed by atoms with Gasteiger partial charge in [-0.3, -0.25) is 4.79 Å². The van der Waals surface area contributed by atoms with Gasteiger partial charge in [-0.15, -0.1) is 0 Å². The smallest absolute Gasteiger partial charge is 0.161 e. The lowest BCUT2D eigenvalue weighted by Gasteiger charge is -2.55. The second-order valence-electron chi connectivity index (χ2n) is 11.9. The van der Waals surface area contributed by atoms with Crippen LogP contribution in [0.3, 0.4) is 0 Å². The highest BCUT2D eigenvalue weighted by atomic mass is 16.5. The summed E-state index contributed by atoms with van der Waals surface area (Å²) < 4.78 is 11.2. The van der Waals surface area contributed by atoms with E-state index in [-0.39, 0.29) is 10.8 Å². The lowest BCUT2D eigenvalue weighted by molar-refractivity contribution is -0.131. The summed E-state index contributed by atoms with van der Waals surface area (Å²) in [5, 5.41) is 0. The average Bonchev–Trinajstić information content (AvgIpc) is 3.23. The van der Waals surface area contributed by atoms with Gasteiger partial charge in [0.1, 0.15) is 5.78 Å². The predicted molar refractivity (Wildman–Crippen MR) is 149 cm³/mol. The first-order chi connectivity index (χ1) is 17.9. The average molecular weight is 495 g/mol. The Morgan fingerprint density at radius 3 is 2.41 bits per heavy atom. The van der Waals surface area contributed by atoms with Crippen molar-refractivity contribution in [2.75, 3.05) is 14.2 Å². The maximum atomic E-state index is 12.8. The molecule has 3 nitrogen and oxygen atoms in total. The van der Waals surface area contributed by atoms with Crippen LogP contribution in [0.2, 0.25) is 0 Å². The van der Waals surface area contributed by atoms with Crippen LogP contribution in [0.25, 0.3) is 5.57 Å². The molecule has 3 saturated carbocycles. The molecule has 2 aromatic carbocycles. The minimum atomic E-state index is -0.0733. The molecule has 0 N–H and O–H groups in total. The first-order valence-corrected chi connectivity index (χ1v) is 13.8. The van der Waals surface area contributed by atoms with E-state index in [1.54, 1.807) is 19.8 Å². The zero-order valence-electron chi connectivity index (χ0n) is 22.6. The molecule has 0 unspecified atom stereocenters. The van der Waals surface area contributed by atoms with Crippen molar-refractivity contribution >= 4 is 11.4 Å². The van der Waals surface area contributed by atoms with Crippen molar-refractivity contribution in [1.82, 2.24) is 0 Å². The summed E-state index contributed by atoms with van der Waals surface area (Å²) in [4.78, 5) is 12.8. The third kappa shape index (κ3) is 3.73. The number of allylic oxidation sites excluding steroid dienone is 5. The Labute approximate surface area is 221 Å². The molecule has 0 heterocycles. The molecule has 0 aromatic heterocycles. The second-order valence-corrected chi connectivity index (χ2v) is 11.9. The van der Waals surface area contributed by atoms with E-state index in [4.69, 9.17) is 9.47 Å². The Bertz CT molecular complexity index is 1320. The number of ketones is 1. The predicted octanol–water partition coefficient (Wildman–Crippen LogP) is 7.81. The monoisotopic (exact) mass is 494 g/mol. The number of methoxy groups -OCH3 is 2. The van der Waals surface area contributed by atoms with Crippen LogP contribution in [0.5, 0.6) is 11.5 Å². The number of carbonyl (C=O) groups is 1. The highest BCUT2D eigenvalue weighted by Gasteiger charge is 2.58. The first-order valence-electron chi connectivity index (χ1n) is 13.8. The van der Waals surface area contributed by atoms with Gasteiger partial charge >= 0.3 is 0 Å². The molecule has 3 fully saturated rings. The summed E-state index contributed by atoms with van der Waals surface area (Å²) in [5.74, 6) is 3.84. The number of hydrogen-bond donors (Lipinski definition) is 0. The van der Waals surface area contributed by atoms with Crippen molar-refractivity contribution in [2.24, 2.45) is 28.6 Å². The van der Waals surface area contributed by atoms with Gasteiger partial charge in [0.2, 0.25) is 0 Å². The summed E-state index contributed by atoms with van der Waals surface area (Å²) in [6.07, 6.45) is 13.7. The summed E-state index contributed by atoms with van der Waals surface area (Å²) in [7, 11) is 3.37. The van der Waals surface area contributed by atoms with E-state index in [2.05, 4.69) is 74.5 Å². The molecule has 6 rings (SSSR count). The molecule has 0 amide bonds. The highest BCUT2D eigenvalue weighted by molar-refractivity contribution is 5.88. The molecule has 0 radical (unpaired) electrons. The fraction of sp³-hybridized carbons (Fsp3) is 0.441. The molecule has 0 bridgehead atoms. The normalized spacial score (nSPS) is 33.7. The van der Waals surface area contributed by atoms with Gasteiger partial charge in [-0.25, -0.2) is 0 Å². The Kier molecular flexibility index (Phi) is 5.93. The summed E-state index contributed by atoms with van der Waals surface area (Å²) >= 11 is 0. The Balaban J connectivity index is 1.43. The van der Waals surface area contributed by atoms with Crippen LogP contribution in [0, 0.1) is 28.6 Å². The quantitative estimate of drug-likeness (QED) is 0.435. The molecule has 0 saturated heterocycles. The number of hydrogen-bond acceptors (Lipinski definition) is 3. The molecule has 5 atom stereocenters. The molecule has 4 aliphatic carbocycles. The van der Waals surface area contributed by atoms with Crippen LogP contribution in [0.4, 0.5) is 0 Å². The molecule has 0 aliphatic heterocycles. The fourth-order valence-electron chi connectivity index (χ4n) is 8.24. The van der Waals surface area contributed by atoms with E-state index in [0.29, 0.717) is 23.5 Å². The van der Waals surface area contributed by atoms with Gasteiger partial charge in [-0.2, -0.15) is 0 Å². The van der Waals surface area contributed by atoms with Crippen LogP contribution in [-0.4, -0.2) is 20.0 Å². The van der Waals surface area contributed by atoms with Crippen molar-refractivity contribution in [2.45, 2.75) is 52.4 Å². The van der Waals surface area contributed by atoms with Crippen molar-refractivity contribution in [3.05, 3.63) is 89.0 Å². The first kappa shape index (κ1) is 24.3. The van der Waals surface area contributed by atoms with Crippen LogP contribution in [0.15, 0.2) is 77.9 Å². The number of benzene rings is 2. The lowest BCUT2D eigenvalue weighted by atomic mass is 9.48. The third-order valence-electron chi connectivity index (χ3n) is 10.3. The Morgan fingerprint density at radius 1 is 0.865 bits per heavy atom. The lowest BCUT2D eigenvalue weighted by Crippen LogP contribution is -2.49. The van der Waals surface area contributed by atoms with Crippen molar-refractivity contribution in [3.8, 4) is 11.5 Å². The summed E-state index contributed by atoms with van der Waals surface area (Å²) in [6.45, 7) is 4.73. The van der Waals surface area contributed by atoms with Gasteiger partial charge in [0.25, 0.3) is 0 Å². The molecule has 4 aliphatic rings. The number of carbonyl (C=O) groups excluding carboxylic acids is 1. The topological polar surface area (TPSA) is 35.5 Å². The van der Waals surface area contributed by atoms with Crippen molar-refractivity contribution < 1.29 is 14.3 Å². The van der Waals surface area contributed by atoms with Gasteiger partial charge in [-0.05, 0) is 84.3 Å². The van der Waals surface area contributed by atoms with Gasteiger partial charge in [0, 0.05) is 17.3 Å². The van der Waals surface area contributed by atoms with Crippen LogP contribution >= 0.6 is 0 Å². The number of fused-ring (bicyclic) bond motifs is 5. The molecule has 3 heteroatoms. The molecule has 37 heavy (non-hydrogen) atoms. The summed E-state index contributed by atoms with van der Waals surface area (Å²) in [5.41, 5.74) is 6.33. The molecule has 0 spiro atoms. The molecular weight excluding hydrogens is 456 g/mol. The van der Waals surface area contributed by atoms with E-state index in [1.165, 1.54) is 23.1 Å². The van der Waals surface area contributed by atoms with Crippen LogP contribution < -0.4 is 9.47 Å². The SMILES string of the molecule is COc1ccc(/C(=C2/C=C[C@@]3(C)C(=C2)CC[C@@H]2[C@@H]3CC[C@]3(C)C(=O)CC[C@@H]23)c2ccccc2)cc1OC. The fourth-order valence-corrected chi connectivity index (χ4v) is 8.24. The van der Waals surface area contributed by atoms with Crippen molar-refractivity contribution in [1.29, 1.82) is 0 Å². The van der Waals surface area contributed by atoms with Crippen molar-refractivity contribution in [3.63, 3.8) is 0 Å². The Morgan fingerprint density at radius 2 is 1.65 bits per heavy atom. The molecule has 192 valence electrons. The minimum absolute atomic E-state index is 0.0682. The van der Waals surface area contributed by atoms with Crippen LogP contribution in [0.1, 0.15) is 63.5 Å². The van der Waals surface area contributed by atoms with Gasteiger partial charge in [0.15, 0.2) is 11.5 Å². The van der Waals surface area contributed by atoms with E-state index >= 15 is 0 Å². The maximum Gasteiger partial charge on any atom is 0.161 e. The Hall–Kier alpha value is -3.07. The van der Waals surface area contributed by atoms with Gasteiger partial charge in [0.05, 0.1) is 14.2 Å². The molecular formula is C34H38O3. The van der Waals surface area contributed by atoms with E-state index in [0.717, 1.165) is 49.2 Å². The van der Waals surface area contributed by atoms with Gasteiger partial charge < -0.3 is 9.47 Å². The van der Waals surface area contributed by atoms with E-state index in [9.17, 15) is 4.79 Å². The zero-order chi connectivity index (χ0) is 25.8. The number of Topliss-reactive ketones (excluding diaryl/α,β-unsaturated/α-hetero) is 1. The largest absolute Gasteiger partial charge is 0.493 e. The maximum absolute atomic E-state index is 12.8. The minimum Gasteiger partial charge on any atom is -0.493 e. The van der Waals surface area contributed by atoms with Crippen LogP contribution in [-0.2, 0) is 4.79 Å². The zero-order valence-corrected chi connectivity index (χ0v) is 22.6. The van der Waals surface area contributed by atoms with Gasteiger partial charge in [-0.1, -0.05) is 74.0 Å². The summed E-state index contributed by atoms with van der Waals surface area (Å²) in [6, 6.07) is 16.9. The number of ether oxygens (including phenoxy) is 2. The number of rotatable bonds is 4. The van der Waals surface area contributed by atoms with E-state index < -0.39 is 0 Å². The highest BCUT2D eigenvalue weighted by Crippen LogP contribution is 2.64. The third-order valence-corrected chi connectivity index (χ3v) is 10.3. The van der Waals surface area contributed by atoms with E-state index in [1.807, 2.05) is 6.07 Å².